The normalized spacial score (nSPS) is 10.9. The van der Waals surface area contributed by atoms with Gasteiger partial charge < -0.3 is 10.1 Å². The fourth-order valence-corrected chi connectivity index (χ4v) is 4.57. The van der Waals surface area contributed by atoms with Crippen LogP contribution in [0.25, 0.3) is 10.1 Å². The first-order valence-corrected chi connectivity index (χ1v) is 11.1. The molecule has 0 saturated heterocycles. The summed E-state index contributed by atoms with van der Waals surface area (Å²) in [5.74, 6) is 0.611. The molecule has 1 aromatic heterocycles. The number of fused-ring (bicyclic) bond motifs is 1. The van der Waals surface area contributed by atoms with E-state index in [0.29, 0.717) is 18.0 Å². The minimum Gasteiger partial charge on any atom is -0.491 e. The molecule has 1 heterocycles. The van der Waals surface area contributed by atoms with Crippen molar-refractivity contribution in [2.24, 2.45) is 0 Å². The van der Waals surface area contributed by atoms with Gasteiger partial charge in [0.1, 0.15) is 5.75 Å². The lowest BCUT2D eigenvalue weighted by molar-refractivity contribution is 0.102. The Morgan fingerprint density at radius 2 is 1.70 bits per heavy atom. The van der Waals surface area contributed by atoms with Crippen LogP contribution in [0.1, 0.15) is 39.7 Å². The molecule has 0 bridgehead atoms. The Balaban J connectivity index is 1.68. The van der Waals surface area contributed by atoms with E-state index in [-0.39, 0.29) is 5.91 Å². The molecule has 0 atom stereocenters. The van der Waals surface area contributed by atoms with Gasteiger partial charge in [0.2, 0.25) is 0 Å². The van der Waals surface area contributed by atoms with Crippen molar-refractivity contribution in [1.29, 1.82) is 0 Å². The predicted molar refractivity (Wildman–Crippen MR) is 126 cm³/mol. The molecule has 0 spiro atoms. The molecule has 3 nitrogen and oxygen atoms in total. The summed E-state index contributed by atoms with van der Waals surface area (Å²) in [6, 6.07) is 24.3. The fourth-order valence-electron chi connectivity index (χ4n) is 3.45. The van der Waals surface area contributed by atoms with Gasteiger partial charge in [0.25, 0.3) is 5.91 Å². The van der Waals surface area contributed by atoms with Crippen molar-refractivity contribution in [1.82, 2.24) is 0 Å². The highest BCUT2D eigenvalue weighted by atomic mass is 32.1. The van der Waals surface area contributed by atoms with E-state index in [9.17, 15) is 4.79 Å². The zero-order valence-electron chi connectivity index (χ0n) is 17.3. The maximum atomic E-state index is 13.3. The van der Waals surface area contributed by atoms with E-state index in [1.54, 1.807) is 11.3 Å². The van der Waals surface area contributed by atoms with Gasteiger partial charge in [0.05, 0.1) is 17.2 Å². The summed E-state index contributed by atoms with van der Waals surface area (Å²) >= 11 is 1.54. The molecule has 0 unspecified atom stereocenters. The predicted octanol–water partition coefficient (Wildman–Crippen LogP) is 6.84. The third-order valence-electron chi connectivity index (χ3n) is 5.00. The second kappa shape index (κ2) is 9.14. The number of anilines is 1. The van der Waals surface area contributed by atoms with E-state index in [0.717, 1.165) is 33.4 Å². The zero-order valence-corrected chi connectivity index (χ0v) is 18.1. The largest absolute Gasteiger partial charge is 0.491 e. The van der Waals surface area contributed by atoms with Crippen molar-refractivity contribution in [3.05, 3.63) is 94.4 Å². The summed E-state index contributed by atoms with van der Waals surface area (Å²) in [5, 5.41) is 4.22. The molecule has 3 aromatic carbocycles. The summed E-state index contributed by atoms with van der Waals surface area (Å²) in [6.07, 6.45) is 1.64. The van der Waals surface area contributed by atoms with Crippen LogP contribution in [0, 0.1) is 6.92 Å². The molecule has 1 N–H and O–H groups in total. The molecule has 0 radical (unpaired) electrons. The number of carbonyl (C=O) groups is 1. The van der Waals surface area contributed by atoms with Gasteiger partial charge in [-0.3, -0.25) is 4.79 Å². The Bertz CT molecular complexity index is 1160. The number of ether oxygens (including phenoxy) is 1. The average molecular weight is 416 g/mol. The first-order valence-electron chi connectivity index (χ1n) is 10.2. The van der Waals surface area contributed by atoms with E-state index in [1.807, 2.05) is 36.4 Å². The monoisotopic (exact) mass is 415 g/mol. The molecule has 0 aliphatic heterocycles. The number of benzene rings is 3. The molecular formula is C26H25NO2S. The topological polar surface area (TPSA) is 38.3 Å². The van der Waals surface area contributed by atoms with Gasteiger partial charge in [-0.1, -0.05) is 67.1 Å². The minimum atomic E-state index is -0.0918. The molecule has 4 rings (SSSR count). The van der Waals surface area contributed by atoms with Crippen LogP contribution < -0.4 is 10.1 Å². The van der Waals surface area contributed by atoms with E-state index >= 15 is 0 Å². The molecule has 152 valence electrons. The fraction of sp³-hybridized carbons (Fsp3) is 0.192. The van der Waals surface area contributed by atoms with Gasteiger partial charge in [-0.2, -0.15) is 0 Å². The number of nitrogens with one attached hydrogen (secondary N) is 1. The van der Waals surface area contributed by atoms with Gasteiger partial charge in [0.15, 0.2) is 0 Å². The van der Waals surface area contributed by atoms with Crippen molar-refractivity contribution >= 4 is 33.0 Å². The van der Waals surface area contributed by atoms with E-state index in [4.69, 9.17) is 4.74 Å². The molecule has 1 amide bonds. The van der Waals surface area contributed by atoms with Crippen molar-refractivity contribution in [3.8, 4) is 5.75 Å². The molecule has 0 saturated carbocycles. The molecule has 4 heteroatoms. The average Bonchev–Trinajstić information content (AvgIpc) is 3.13. The standard InChI is InChI=1S/C26H25NO2S/c1-3-16-29-23-10-6-5-9-22(23)27-26(28)25-21(17-19-14-12-18(2)13-15-19)20-8-4-7-11-24(20)30-25/h4-15H,3,16-17H2,1-2H3,(H,27,28). The lowest BCUT2D eigenvalue weighted by atomic mass is 10.0. The Morgan fingerprint density at radius 3 is 2.50 bits per heavy atom. The minimum absolute atomic E-state index is 0.0918. The number of para-hydroxylation sites is 2. The van der Waals surface area contributed by atoms with Crippen molar-refractivity contribution in [3.63, 3.8) is 0 Å². The number of hydrogen-bond donors (Lipinski definition) is 1. The number of hydrogen-bond acceptors (Lipinski definition) is 3. The highest BCUT2D eigenvalue weighted by molar-refractivity contribution is 7.21. The zero-order chi connectivity index (χ0) is 20.9. The van der Waals surface area contributed by atoms with E-state index in [2.05, 4.69) is 55.6 Å². The first-order chi connectivity index (χ1) is 14.7. The van der Waals surface area contributed by atoms with Crippen molar-refractivity contribution in [2.75, 3.05) is 11.9 Å². The summed E-state index contributed by atoms with van der Waals surface area (Å²) in [5.41, 5.74) is 4.21. The maximum absolute atomic E-state index is 13.3. The number of carbonyl (C=O) groups excluding carboxylic acids is 1. The van der Waals surface area contributed by atoms with Crippen molar-refractivity contribution < 1.29 is 9.53 Å². The second-order valence-corrected chi connectivity index (χ2v) is 8.42. The van der Waals surface area contributed by atoms with Crippen LogP contribution in [0.4, 0.5) is 5.69 Å². The molecule has 0 aliphatic carbocycles. The van der Waals surface area contributed by atoms with Crippen LogP contribution >= 0.6 is 11.3 Å². The third-order valence-corrected chi connectivity index (χ3v) is 6.21. The summed E-state index contributed by atoms with van der Waals surface area (Å²) in [7, 11) is 0. The Kier molecular flexibility index (Phi) is 6.15. The number of aryl methyl sites for hydroxylation is 1. The summed E-state index contributed by atoms with van der Waals surface area (Å²) < 4.78 is 6.93. The van der Waals surface area contributed by atoms with Crippen LogP contribution in [0.5, 0.6) is 5.75 Å². The van der Waals surface area contributed by atoms with Gasteiger partial charge in [-0.15, -0.1) is 11.3 Å². The van der Waals surface area contributed by atoms with E-state index in [1.165, 1.54) is 11.1 Å². The quantitative estimate of drug-likeness (QED) is 0.359. The molecule has 0 aliphatic rings. The summed E-state index contributed by atoms with van der Waals surface area (Å²) in [4.78, 5) is 14.1. The second-order valence-electron chi connectivity index (χ2n) is 7.37. The van der Waals surface area contributed by atoms with Crippen LogP contribution in [-0.2, 0) is 6.42 Å². The lowest BCUT2D eigenvalue weighted by Gasteiger charge is -2.12. The Hall–Kier alpha value is -3.11. The first kappa shape index (κ1) is 20.2. The van der Waals surface area contributed by atoms with Crippen LogP contribution in [0.2, 0.25) is 0 Å². The van der Waals surface area contributed by atoms with Gasteiger partial charge in [-0.25, -0.2) is 0 Å². The van der Waals surface area contributed by atoms with E-state index < -0.39 is 0 Å². The Morgan fingerprint density at radius 1 is 0.967 bits per heavy atom. The van der Waals surface area contributed by atoms with Gasteiger partial charge in [0, 0.05) is 4.70 Å². The molecule has 30 heavy (non-hydrogen) atoms. The molecule has 0 fully saturated rings. The Labute approximate surface area is 181 Å². The highest BCUT2D eigenvalue weighted by Crippen LogP contribution is 2.34. The number of thiophene rings is 1. The smallest absolute Gasteiger partial charge is 0.266 e. The van der Waals surface area contributed by atoms with Crippen LogP contribution in [-0.4, -0.2) is 12.5 Å². The van der Waals surface area contributed by atoms with Gasteiger partial charge in [-0.05, 0) is 54.5 Å². The number of amides is 1. The summed E-state index contributed by atoms with van der Waals surface area (Å²) in [6.45, 7) is 4.77. The van der Waals surface area contributed by atoms with Crippen LogP contribution in [0.3, 0.4) is 0 Å². The van der Waals surface area contributed by atoms with Crippen LogP contribution in [0.15, 0.2) is 72.8 Å². The highest BCUT2D eigenvalue weighted by Gasteiger charge is 2.19. The molecule has 4 aromatic rings. The lowest BCUT2D eigenvalue weighted by Crippen LogP contribution is -2.13. The molecular weight excluding hydrogens is 390 g/mol. The number of rotatable bonds is 7. The maximum Gasteiger partial charge on any atom is 0.266 e. The van der Waals surface area contributed by atoms with Crippen molar-refractivity contribution in [2.45, 2.75) is 26.7 Å². The SMILES string of the molecule is CCCOc1ccccc1NC(=O)c1sc2ccccc2c1Cc1ccc(C)cc1. The third kappa shape index (κ3) is 4.39. The van der Waals surface area contributed by atoms with Gasteiger partial charge >= 0.3 is 0 Å².